The van der Waals surface area contributed by atoms with Gasteiger partial charge >= 0.3 is 0 Å². The molecule has 0 aliphatic rings. The second-order valence-corrected chi connectivity index (χ2v) is 5.91. The Balaban J connectivity index is 1.85. The minimum atomic E-state index is -0.174. The van der Waals surface area contributed by atoms with E-state index >= 15 is 0 Å². The highest BCUT2D eigenvalue weighted by molar-refractivity contribution is 7.80. The first kappa shape index (κ1) is 15.4. The molecule has 0 spiro atoms. The monoisotopic (exact) mass is 323 g/mol. The van der Waals surface area contributed by atoms with Crippen molar-refractivity contribution in [1.82, 2.24) is 9.78 Å². The summed E-state index contributed by atoms with van der Waals surface area (Å²) in [7, 11) is 0. The number of hydrogen-bond donors (Lipinski definition) is 2. The van der Waals surface area contributed by atoms with Gasteiger partial charge in [0.15, 0.2) is 0 Å². The number of benzene rings is 2. The molecule has 0 unspecified atom stereocenters. The Morgan fingerprint density at radius 2 is 1.87 bits per heavy atom. The lowest BCUT2D eigenvalue weighted by Gasteiger charge is -2.07. The lowest BCUT2D eigenvalue weighted by molar-refractivity contribution is 0.102. The zero-order chi connectivity index (χ0) is 16.4. The van der Waals surface area contributed by atoms with Crippen molar-refractivity contribution in [3.63, 3.8) is 0 Å². The maximum absolute atomic E-state index is 12.3. The van der Waals surface area contributed by atoms with Gasteiger partial charge in [-0.3, -0.25) is 4.79 Å². The molecule has 0 saturated carbocycles. The lowest BCUT2D eigenvalue weighted by atomic mass is 10.2. The van der Waals surface area contributed by atoms with Crippen molar-refractivity contribution in [1.29, 1.82) is 0 Å². The van der Waals surface area contributed by atoms with E-state index in [9.17, 15) is 4.79 Å². The summed E-state index contributed by atoms with van der Waals surface area (Å²) in [5, 5.41) is 7.27. The summed E-state index contributed by atoms with van der Waals surface area (Å²) < 4.78 is 1.81. The number of carbonyl (C=O) groups excluding carboxylic acids is 1. The highest BCUT2D eigenvalue weighted by Gasteiger charge is 2.12. The first-order chi connectivity index (χ1) is 11.0. The van der Waals surface area contributed by atoms with Crippen LogP contribution < -0.4 is 5.32 Å². The maximum Gasteiger partial charge on any atom is 0.255 e. The van der Waals surface area contributed by atoms with E-state index in [0.29, 0.717) is 11.3 Å². The van der Waals surface area contributed by atoms with E-state index in [1.165, 1.54) is 5.56 Å². The maximum atomic E-state index is 12.3. The Labute approximate surface area is 140 Å². The fourth-order valence-corrected chi connectivity index (χ4v) is 2.55. The Bertz CT molecular complexity index is 853. The number of nitrogens with zero attached hydrogens (tertiary/aromatic N) is 2. The van der Waals surface area contributed by atoms with Gasteiger partial charge in [0, 0.05) is 10.5 Å². The van der Waals surface area contributed by atoms with Crippen molar-refractivity contribution in [2.75, 3.05) is 5.32 Å². The fraction of sp³-hybridized carbons (Fsp3) is 0.111. The van der Waals surface area contributed by atoms with Gasteiger partial charge in [0.2, 0.25) is 0 Å². The predicted molar refractivity (Wildman–Crippen MR) is 94.7 cm³/mol. The van der Waals surface area contributed by atoms with Crippen LogP contribution in [0.3, 0.4) is 0 Å². The second-order valence-electron chi connectivity index (χ2n) is 5.40. The standard InChI is InChI=1S/C18H17N3OS/c1-12-6-8-15(9-7-12)21-13(2)17(11-19-21)20-18(22)14-4-3-5-16(23)10-14/h3-11,23H,1-2H3,(H,20,22). The van der Waals surface area contributed by atoms with Gasteiger partial charge in [-0.2, -0.15) is 5.10 Å². The zero-order valence-corrected chi connectivity index (χ0v) is 13.8. The fourth-order valence-electron chi connectivity index (χ4n) is 2.32. The summed E-state index contributed by atoms with van der Waals surface area (Å²) in [6, 6.07) is 15.2. The van der Waals surface area contributed by atoms with Crippen molar-refractivity contribution in [3.8, 4) is 5.69 Å². The molecule has 0 bridgehead atoms. The van der Waals surface area contributed by atoms with Crippen LogP contribution in [0.5, 0.6) is 0 Å². The van der Waals surface area contributed by atoms with E-state index in [2.05, 4.69) is 23.0 Å². The van der Waals surface area contributed by atoms with Crippen LogP contribution in [0.25, 0.3) is 5.69 Å². The zero-order valence-electron chi connectivity index (χ0n) is 12.9. The SMILES string of the molecule is Cc1ccc(-n2ncc(NC(=O)c3cccc(S)c3)c2C)cc1. The van der Waals surface area contributed by atoms with Gasteiger partial charge in [0.1, 0.15) is 0 Å². The van der Waals surface area contributed by atoms with Gasteiger partial charge in [0.25, 0.3) is 5.91 Å². The number of amides is 1. The molecule has 4 nitrogen and oxygen atoms in total. The molecule has 3 aromatic rings. The Kier molecular flexibility index (Phi) is 4.21. The molecule has 1 N–H and O–H groups in total. The average molecular weight is 323 g/mol. The Hall–Kier alpha value is -2.53. The number of hydrogen-bond acceptors (Lipinski definition) is 3. The van der Waals surface area contributed by atoms with Crippen LogP contribution in [-0.2, 0) is 0 Å². The molecule has 2 aromatic carbocycles. The number of nitrogens with one attached hydrogen (secondary N) is 1. The molecule has 23 heavy (non-hydrogen) atoms. The quantitative estimate of drug-likeness (QED) is 0.715. The Morgan fingerprint density at radius 1 is 1.13 bits per heavy atom. The number of rotatable bonds is 3. The van der Waals surface area contributed by atoms with Gasteiger partial charge in [-0.25, -0.2) is 4.68 Å². The molecule has 0 atom stereocenters. The van der Waals surface area contributed by atoms with Gasteiger partial charge in [-0.1, -0.05) is 23.8 Å². The van der Waals surface area contributed by atoms with Gasteiger partial charge < -0.3 is 5.32 Å². The summed E-state index contributed by atoms with van der Waals surface area (Å²) in [6.07, 6.45) is 1.66. The van der Waals surface area contributed by atoms with Crippen LogP contribution in [-0.4, -0.2) is 15.7 Å². The lowest BCUT2D eigenvalue weighted by Crippen LogP contribution is -2.12. The molecular formula is C18H17N3OS. The molecule has 3 rings (SSSR count). The smallest absolute Gasteiger partial charge is 0.255 e. The van der Waals surface area contributed by atoms with E-state index in [1.807, 2.05) is 48.9 Å². The van der Waals surface area contributed by atoms with E-state index in [-0.39, 0.29) is 5.91 Å². The molecule has 116 valence electrons. The van der Waals surface area contributed by atoms with Crippen LogP contribution in [0.15, 0.2) is 59.6 Å². The summed E-state index contributed by atoms with van der Waals surface area (Å²) >= 11 is 4.26. The van der Waals surface area contributed by atoms with Crippen LogP contribution in [0, 0.1) is 13.8 Å². The molecular weight excluding hydrogens is 306 g/mol. The number of aromatic nitrogens is 2. The van der Waals surface area contributed by atoms with E-state index in [1.54, 1.807) is 24.4 Å². The Morgan fingerprint density at radius 3 is 2.57 bits per heavy atom. The largest absolute Gasteiger partial charge is 0.319 e. The van der Waals surface area contributed by atoms with Crippen LogP contribution in [0.1, 0.15) is 21.6 Å². The molecule has 0 aliphatic carbocycles. The molecule has 0 saturated heterocycles. The number of aryl methyl sites for hydroxylation is 1. The molecule has 0 fully saturated rings. The summed E-state index contributed by atoms with van der Waals surface area (Å²) in [4.78, 5) is 13.1. The molecule has 1 heterocycles. The third-order valence-corrected chi connectivity index (χ3v) is 3.92. The molecule has 0 radical (unpaired) electrons. The van der Waals surface area contributed by atoms with Crippen molar-refractivity contribution >= 4 is 24.2 Å². The molecule has 1 amide bonds. The van der Waals surface area contributed by atoms with E-state index in [0.717, 1.165) is 16.3 Å². The van der Waals surface area contributed by atoms with Gasteiger partial charge in [0.05, 0.1) is 23.3 Å². The third kappa shape index (κ3) is 3.29. The highest BCUT2D eigenvalue weighted by atomic mass is 32.1. The van der Waals surface area contributed by atoms with E-state index in [4.69, 9.17) is 0 Å². The number of anilines is 1. The van der Waals surface area contributed by atoms with E-state index < -0.39 is 0 Å². The van der Waals surface area contributed by atoms with Crippen molar-refractivity contribution in [2.45, 2.75) is 18.7 Å². The molecule has 0 aliphatic heterocycles. The average Bonchev–Trinajstić information content (AvgIpc) is 2.89. The highest BCUT2D eigenvalue weighted by Crippen LogP contribution is 2.20. The predicted octanol–water partition coefficient (Wildman–Crippen LogP) is 4.03. The minimum Gasteiger partial charge on any atom is -0.319 e. The van der Waals surface area contributed by atoms with Crippen LogP contribution in [0.2, 0.25) is 0 Å². The first-order valence-electron chi connectivity index (χ1n) is 7.26. The molecule has 5 heteroatoms. The summed E-state index contributed by atoms with van der Waals surface area (Å²) in [6.45, 7) is 3.97. The van der Waals surface area contributed by atoms with Crippen LogP contribution >= 0.6 is 12.6 Å². The number of thiol groups is 1. The van der Waals surface area contributed by atoms with Crippen LogP contribution in [0.4, 0.5) is 5.69 Å². The second kappa shape index (κ2) is 6.30. The minimum absolute atomic E-state index is 0.174. The normalized spacial score (nSPS) is 10.6. The van der Waals surface area contributed by atoms with Gasteiger partial charge in [-0.15, -0.1) is 12.6 Å². The third-order valence-electron chi connectivity index (χ3n) is 3.64. The summed E-state index contributed by atoms with van der Waals surface area (Å²) in [5.41, 5.74) is 4.30. The number of carbonyl (C=O) groups is 1. The van der Waals surface area contributed by atoms with Gasteiger partial charge in [-0.05, 0) is 44.2 Å². The van der Waals surface area contributed by atoms with Crippen molar-refractivity contribution in [3.05, 3.63) is 71.5 Å². The van der Waals surface area contributed by atoms with Crippen molar-refractivity contribution < 1.29 is 4.79 Å². The summed E-state index contributed by atoms with van der Waals surface area (Å²) in [5.74, 6) is -0.174. The topological polar surface area (TPSA) is 46.9 Å². The molecule has 1 aromatic heterocycles. The van der Waals surface area contributed by atoms with Crippen molar-refractivity contribution in [2.24, 2.45) is 0 Å². The first-order valence-corrected chi connectivity index (χ1v) is 7.71.